The van der Waals surface area contributed by atoms with Gasteiger partial charge in [-0.3, -0.25) is 24.6 Å². The molecule has 0 aliphatic carbocycles. The van der Waals surface area contributed by atoms with Gasteiger partial charge in [-0.15, -0.1) is 0 Å². The average molecular weight is 630 g/mol. The third-order valence-electron chi connectivity index (χ3n) is 9.59. The van der Waals surface area contributed by atoms with Crippen molar-refractivity contribution < 1.29 is 33.3 Å². The Hall–Kier alpha value is -3.46. The highest BCUT2D eigenvalue weighted by atomic mass is 28.4. The number of nitrogens with two attached hydrogens (primary N) is 1. The number of ether oxygens (including phenoxy) is 1. The number of nitro benzene ring substituents is 1. The van der Waals surface area contributed by atoms with E-state index in [-0.39, 0.29) is 53.5 Å². The number of nitro groups is 1. The largest absolute Gasteiger partial charge is 0.413 e. The van der Waals surface area contributed by atoms with Crippen LogP contribution in [0.4, 0.5) is 5.69 Å². The number of benzene rings is 1. The zero-order chi connectivity index (χ0) is 32.3. The second kappa shape index (κ2) is 13.7. The molecule has 0 bridgehead atoms. The first-order chi connectivity index (χ1) is 20.9. The first kappa shape index (κ1) is 33.4. The molecule has 14 heteroatoms. The maximum absolute atomic E-state index is 13.7. The number of nitrogens with zero attached hydrogens (tertiary/aromatic N) is 3. The van der Waals surface area contributed by atoms with Gasteiger partial charge < -0.3 is 25.1 Å². The van der Waals surface area contributed by atoms with Crippen molar-refractivity contribution in [3.05, 3.63) is 51.2 Å². The number of esters is 2. The van der Waals surface area contributed by atoms with Crippen LogP contribution in [0.25, 0.3) is 0 Å². The smallest absolute Gasteiger partial charge is 0.362 e. The number of carbonyl (C=O) groups excluding carboxylic acids is 4. The summed E-state index contributed by atoms with van der Waals surface area (Å²) in [6.07, 6.45) is 0.454. The minimum atomic E-state index is -2.01. The van der Waals surface area contributed by atoms with Crippen LogP contribution in [0.5, 0.6) is 0 Å². The molecule has 240 valence electrons. The molecule has 0 spiro atoms. The molecule has 1 aromatic rings. The van der Waals surface area contributed by atoms with E-state index < -0.39 is 37.0 Å². The van der Waals surface area contributed by atoms with Crippen molar-refractivity contribution in [3.63, 3.8) is 0 Å². The predicted molar refractivity (Wildman–Crippen MR) is 164 cm³/mol. The second-order valence-electron chi connectivity index (χ2n) is 12.0. The fraction of sp³-hybridized carbons (Fsp3) is 0.600. The fourth-order valence-electron chi connectivity index (χ4n) is 6.84. The van der Waals surface area contributed by atoms with Crippen LogP contribution in [-0.4, -0.2) is 91.2 Å². The summed E-state index contributed by atoms with van der Waals surface area (Å²) in [5.41, 5.74) is 5.85. The van der Waals surface area contributed by atoms with Gasteiger partial charge in [0.15, 0.2) is 8.32 Å². The molecule has 5 atom stereocenters. The number of non-ortho nitro benzene ring substituents is 1. The number of likely N-dealkylation sites (tertiary alicyclic amines) is 1. The number of primary amides is 1. The lowest BCUT2D eigenvalue weighted by atomic mass is 9.77. The Morgan fingerprint density at radius 1 is 1.14 bits per heavy atom. The maximum atomic E-state index is 13.7. The molecular formula is C30H43N5O8Si. The SMILES string of the molecule is CC[Si](CC)(CC)O[C@H](C)C1C(=O)N2C(C(=O)OC(=O)c3ccc([N+](=O)[O-])cc3)=C(CN3CC[C@H](NCC(N)=O)C3)[C@H](C)[C@H]12. The highest BCUT2D eigenvalue weighted by Gasteiger charge is 2.61. The van der Waals surface area contributed by atoms with Crippen LogP contribution in [0.2, 0.25) is 18.1 Å². The van der Waals surface area contributed by atoms with E-state index in [1.54, 1.807) is 0 Å². The maximum Gasteiger partial charge on any atom is 0.362 e. The van der Waals surface area contributed by atoms with Crippen molar-refractivity contribution in [2.45, 2.75) is 77.4 Å². The number of carbonyl (C=O) groups is 4. The van der Waals surface area contributed by atoms with Gasteiger partial charge in [0, 0.05) is 43.7 Å². The van der Waals surface area contributed by atoms with Crippen molar-refractivity contribution in [1.29, 1.82) is 0 Å². The number of fused-ring (bicyclic) bond motifs is 1. The first-order valence-corrected chi connectivity index (χ1v) is 17.9. The molecule has 3 N–H and O–H groups in total. The topological polar surface area (TPSA) is 174 Å². The zero-order valence-corrected chi connectivity index (χ0v) is 27.0. The van der Waals surface area contributed by atoms with Crippen LogP contribution in [0, 0.1) is 22.0 Å². The molecule has 4 rings (SSSR count). The molecule has 3 aliphatic heterocycles. The van der Waals surface area contributed by atoms with Gasteiger partial charge in [-0.1, -0.05) is 27.7 Å². The van der Waals surface area contributed by atoms with Gasteiger partial charge in [0.25, 0.3) is 5.69 Å². The van der Waals surface area contributed by atoms with Crippen molar-refractivity contribution in [2.75, 3.05) is 26.2 Å². The summed E-state index contributed by atoms with van der Waals surface area (Å²) in [7, 11) is -2.01. The van der Waals surface area contributed by atoms with Crippen molar-refractivity contribution in [1.82, 2.24) is 15.1 Å². The number of hydrogen-bond acceptors (Lipinski definition) is 10. The summed E-state index contributed by atoms with van der Waals surface area (Å²) < 4.78 is 12.0. The summed E-state index contributed by atoms with van der Waals surface area (Å²) in [4.78, 5) is 65.5. The third kappa shape index (κ3) is 6.62. The molecule has 0 aromatic heterocycles. The van der Waals surface area contributed by atoms with Gasteiger partial charge in [-0.2, -0.15) is 0 Å². The second-order valence-corrected chi connectivity index (χ2v) is 16.7. The third-order valence-corrected chi connectivity index (χ3v) is 14.3. The molecule has 3 heterocycles. The molecule has 1 aromatic carbocycles. The molecule has 0 radical (unpaired) electrons. The first-order valence-electron chi connectivity index (χ1n) is 15.3. The van der Waals surface area contributed by atoms with Crippen LogP contribution >= 0.6 is 0 Å². The highest BCUT2D eigenvalue weighted by molar-refractivity contribution is 6.73. The number of rotatable bonds is 14. The Labute approximate surface area is 258 Å². The zero-order valence-electron chi connectivity index (χ0n) is 26.0. The summed E-state index contributed by atoms with van der Waals surface area (Å²) in [5, 5.41) is 14.1. The van der Waals surface area contributed by atoms with Gasteiger partial charge in [-0.05, 0) is 49.2 Å². The van der Waals surface area contributed by atoms with Crippen LogP contribution < -0.4 is 11.1 Å². The van der Waals surface area contributed by atoms with Crippen LogP contribution in [0.3, 0.4) is 0 Å². The molecular weight excluding hydrogens is 586 g/mol. The summed E-state index contributed by atoms with van der Waals surface area (Å²) in [6, 6.07) is 7.34. The van der Waals surface area contributed by atoms with Crippen molar-refractivity contribution >= 4 is 37.8 Å². The summed E-state index contributed by atoms with van der Waals surface area (Å²) in [5.74, 6) is -3.19. The predicted octanol–water partition coefficient (Wildman–Crippen LogP) is 2.57. The number of hydrogen-bond donors (Lipinski definition) is 2. The molecule has 3 aliphatic rings. The van der Waals surface area contributed by atoms with Crippen LogP contribution in [0.1, 0.15) is 51.4 Å². The number of β-lactam (4-membered cyclic amide) rings is 1. The van der Waals surface area contributed by atoms with E-state index in [9.17, 15) is 29.3 Å². The monoisotopic (exact) mass is 629 g/mol. The average Bonchev–Trinajstić information content (AvgIpc) is 3.55. The lowest BCUT2D eigenvalue weighted by Gasteiger charge is -2.49. The van der Waals surface area contributed by atoms with Gasteiger partial charge in [0.2, 0.25) is 11.8 Å². The van der Waals surface area contributed by atoms with E-state index in [1.807, 2.05) is 13.8 Å². The fourth-order valence-corrected chi connectivity index (χ4v) is 9.77. The normalized spacial score (nSPS) is 24.2. The van der Waals surface area contributed by atoms with Crippen LogP contribution in [0.15, 0.2) is 35.5 Å². The van der Waals surface area contributed by atoms with E-state index in [0.717, 1.165) is 36.7 Å². The van der Waals surface area contributed by atoms with E-state index in [1.165, 1.54) is 17.0 Å². The Bertz CT molecular complexity index is 1320. The summed E-state index contributed by atoms with van der Waals surface area (Å²) >= 11 is 0. The number of amides is 2. The Kier molecular flexibility index (Phi) is 10.4. The van der Waals surface area contributed by atoms with E-state index in [2.05, 4.69) is 31.0 Å². The van der Waals surface area contributed by atoms with E-state index in [0.29, 0.717) is 25.2 Å². The van der Waals surface area contributed by atoms with Crippen LogP contribution in [-0.2, 0) is 23.5 Å². The highest BCUT2D eigenvalue weighted by Crippen LogP contribution is 2.49. The minimum absolute atomic E-state index is 0.0218. The van der Waals surface area contributed by atoms with Crippen molar-refractivity contribution in [3.8, 4) is 0 Å². The van der Waals surface area contributed by atoms with Gasteiger partial charge in [0.1, 0.15) is 5.70 Å². The Morgan fingerprint density at radius 3 is 2.34 bits per heavy atom. The Morgan fingerprint density at radius 2 is 1.77 bits per heavy atom. The van der Waals surface area contributed by atoms with Gasteiger partial charge in [0.05, 0.1) is 35.1 Å². The van der Waals surface area contributed by atoms with Crippen molar-refractivity contribution in [2.24, 2.45) is 17.6 Å². The molecule has 2 saturated heterocycles. The molecule has 2 fully saturated rings. The molecule has 1 unspecified atom stereocenters. The van der Waals surface area contributed by atoms with Gasteiger partial charge in [-0.25, -0.2) is 9.59 Å². The van der Waals surface area contributed by atoms with Gasteiger partial charge >= 0.3 is 11.9 Å². The lowest BCUT2D eigenvalue weighted by molar-refractivity contribution is -0.384. The minimum Gasteiger partial charge on any atom is -0.413 e. The van der Waals surface area contributed by atoms with E-state index >= 15 is 0 Å². The molecule has 13 nitrogen and oxygen atoms in total. The quantitative estimate of drug-likeness (QED) is 0.0777. The molecule has 2 amide bonds. The number of nitrogens with one attached hydrogen (secondary N) is 1. The lowest BCUT2D eigenvalue weighted by Crippen LogP contribution is -2.65. The standard InChI is InChI=1S/C30H43N5O8Si/c1-6-44(7-2,8-3)43-19(5)25-26-18(4)23(17-33-14-13-21(16-33)32-15-24(31)36)27(34(26)28(25)37)30(39)42-29(38)20-9-11-22(12-10-20)35(40)41/h9-12,18-19,21,25-26,32H,6-8,13-17H2,1-5H3,(H2,31,36)/t18-,19+,21-,25?,26+/m0/s1. The summed E-state index contributed by atoms with van der Waals surface area (Å²) in [6.45, 7) is 12.1. The molecule has 0 saturated carbocycles. The molecule has 44 heavy (non-hydrogen) atoms. The van der Waals surface area contributed by atoms with E-state index in [4.69, 9.17) is 14.9 Å². The Balaban J connectivity index is 1.58.